The maximum absolute atomic E-state index is 5.16. The molecular formula is C52H35N3. The Balaban J connectivity index is 1.02. The number of hydrogen-bond donors (Lipinski definition) is 0. The summed E-state index contributed by atoms with van der Waals surface area (Å²) in [6.07, 6.45) is 0. The third kappa shape index (κ3) is 5.01. The van der Waals surface area contributed by atoms with Crippen molar-refractivity contribution >= 4 is 43.1 Å². The van der Waals surface area contributed by atoms with Gasteiger partial charge < -0.3 is 0 Å². The molecule has 55 heavy (non-hydrogen) atoms. The summed E-state index contributed by atoms with van der Waals surface area (Å²) in [5.41, 5.74) is 10.3. The maximum Gasteiger partial charge on any atom is 0.164 e. The van der Waals surface area contributed by atoms with Crippen LogP contribution in [0.15, 0.2) is 176 Å². The van der Waals surface area contributed by atoms with E-state index in [4.69, 9.17) is 15.0 Å². The van der Waals surface area contributed by atoms with Crippen molar-refractivity contribution in [3.63, 3.8) is 0 Å². The average Bonchev–Trinajstić information content (AvgIpc) is 3.48. The molecular weight excluding hydrogens is 667 g/mol. The highest BCUT2D eigenvalue weighted by atomic mass is 15.0. The molecule has 1 heterocycles. The van der Waals surface area contributed by atoms with Crippen LogP contribution in [0.1, 0.15) is 25.0 Å². The van der Waals surface area contributed by atoms with E-state index < -0.39 is 0 Å². The van der Waals surface area contributed by atoms with Crippen LogP contribution in [0.3, 0.4) is 0 Å². The molecule has 0 bridgehead atoms. The molecule has 0 amide bonds. The Labute approximate surface area is 319 Å². The molecule has 0 N–H and O–H groups in total. The third-order valence-corrected chi connectivity index (χ3v) is 11.7. The summed E-state index contributed by atoms with van der Waals surface area (Å²) in [5.74, 6) is 1.98. The number of benzene rings is 9. The zero-order valence-electron chi connectivity index (χ0n) is 30.6. The van der Waals surface area contributed by atoms with E-state index in [1.165, 1.54) is 65.3 Å². The van der Waals surface area contributed by atoms with Gasteiger partial charge in [-0.2, -0.15) is 0 Å². The van der Waals surface area contributed by atoms with Crippen molar-refractivity contribution in [2.45, 2.75) is 19.3 Å². The zero-order valence-corrected chi connectivity index (χ0v) is 30.6. The second-order valence-electron chi connectivity index (χ2n) is 15.2. The normalized spacial score (nSPS) is 13.1. The summed E-state index contributed by atoms with van der Waals surface area (Å²) in [6, 6.07) is 63.3. The monoisotopic (exact) mass is 701 g/mol. The van der Waals surface area contributed by atoms with Gasteiger partial charge in [-0.1, -0.05) is 172 Å². The Morgan fingerprint density at radius 1 is 0.327 bits per heavy atom. The fourth-order valence-electron chi connectivity index (χ4n) is 8.86. The van der Waals surface area contributed by atoms with Crippen molar-refractivity contribution in [1.29, 1.82) is 0 Å². The Hall–Kier alpha value is -6.97. The number of aromatic nitrogens is 3. The van der Waals surface area contributed by atoms with Crippen molar-refractivity contribution in [3.8, 4) is 56.4 Å². The van der Waals surface area contributed by atoms with Crippen molar-refractivity contribution in [2.24, 2.45) is 0 Å². The van der Waals surface area contributed by atoms with Gasteiger partial charge in [0.1, 0.15) is 0 Å². The van der Waals surface area contributed by atoms with Gasteiger partial charge in [0.15, 0.2) is 17.5 Å². The zero-order chi connectivity index (χ0) is 36.7. The van der Waals surface area contributed by atoms with Crippen molar-refractivity contribution in [3.05, 3.63) is 187 Å². The van der Waals surface area contributed by atoms with E-state index in [-0.39, 0.29) is 5.41 Å². The number of hydrogen-bond acceptors (Lipinski definition) is 3. The molecule has 1 aliphatic rings. The number of rotatable bonds is 4. The molecule has 9 aromatic carbocycles. The van der Waals surface area contributed by atoms with Crippen LogP contribution in [0, 0.1) is 0 Å². The second kappa shape index (κ2) is 12.0. The molecule has 11 rings (SSSR count). The molecule has 0 saturated carbocycles. The fourth-order valence-corrected chi connectivity index (χ4v) is 8.86. The van der Waals surface area contributed by atoms with Crippen LogP contribution >= 0.6 is 0 Å². The Kier molecular flexibility index (Phi) is 6.90. The standard InChI is InChI=1S/C52H35N3/c1-52(2)46-18-9-8-17-43(46)44-27-24-39(31-47(44)52)51-54-49(34-12-4-3-5-13-34)53-50(55-51)38-15-10-14-35(30-38)36-22-25-40-37(29-36)23-28-45-42(40)26-21-33-20-19-32-11-6-7-16-41(32)48(33)45/h3-31H,1-2H3. The highest BCUT2D eigenvalue weighted by Crippen LogP contribution is 2.49. The van der Waals surface area contributed by atoms with Crippen LogP contribution in [-0.4, -0.2) is 15.0 Å². The van der Waals surface area contributed by atoms with Gasteiger partial charge in [0.05, 0.1) is 0 Å². The minimum Gasteiger partial charge on any atom is -0.208 e. The summed E-state index contributed by atoms with van der Waals surface area (Å²) in [4.78, 5) is 15.3. The van der Waals surface area contributed by atoms with Crippen molar-refractivity contribution < 1.29 is 0 Å². The largest absolute Gasteiger partial charge is 0.208 e. The Morgan fingerprint density at radius 2 is 0.909 bits per heavy atom. The van der Waals surface area contributed by atoms with Crippen LogP contribution in [0.25, 0.3) is 99.5 Å². The minimum absolute atomic E-state index is 0.122. The van der Waals surface area contributed by atoms with Gasteiger partial charge >= 0.3 is 0 Å². The van der Waals surface area contributed by atoms with Crippen LogP contribution in [0.5, 0.6) is 0 Å². The summed E-state index contributed by atoms with van der Waals surface area (Å²) >= 11 is 0. The lowest BCUT2D eigenvalue weighted by molar-refractivity contribution is 0.660. The summed E-state index contributed by atoms with van der Waals surface area (Å²) in [6.45, 7) is 4.61. The van der Waals surface area contributed by atoms with Gasteiger partial charge in [-0.25, -0.2) is 15.0 Å². The van der Waals surface area contributed by atoms with Crippen LogP contribution in [0.2, 0.25) is 0 Å². The molecule has 0 unspecified atom stereocenters. The van der Waals surface area contributed by atoms with E-state index in [1.807, 2.05) is 18.2 Å². The number of fused-ring (bicyclic) bond motifs is 10. The second-order valence-corrected chi connectivity index (χ2v) is 15.2. The lowest BCUT2D eigenvalue weighted by atomic mass is 9.82. The smallest absolute Gasteiger partial charge is 0.164 e. The molecule has 1 aromatic heterocycles. The predicted molar refractivity (Wildman–Crippen MR) is 229 cm³/mol. The SMILES string of the molecule is CC1(C)c2ccccc2-c2ccc(-c3nc(-c4ccccc4)nc(-c4cccc(-c5ccc6c(ccc7c6ccc6ccc8ccccc8c67)c5)c4)n3)cc21. The highest BCUT2D eigenvalue weighted by molar-refractivity contribution is 6.24. The van der Waals surface area contributed by atoms with Crippen LogP contribution in [0.4, 0.5) is 0 Å². The molecule has 0 radical (unpaired) electrons. The summed E-state index contributed by atoms with van der Waals surface area (Å²) in [5, 5.41) is 10.2. The Bertz CT molecular complexity index is 3180. The van der Waals surface area contributed by atoms with E-state index in [0.29, 0.717) is 17.5 Å². The predicted octanol–water partition coefficient (Wildman–Crippen LogP) is 13.5. The molecule has 0 atom stereocenters. The fraction of sp³-hybridized carbons (Fsp3) is 0.0577. The van der Waals surface area contributed by atoms with E-state index in [0.717, 1.165) is 27.8 Å². The topological polar surface area (TPSA) is 38.7 Å². The average molecular weight is 702 g/mol. The summed E-state index contributed by atoms with van der Waals surface area (Å²) < 4.78 is 0. The molecule has 0 saturated heterocycles. The van der Waals surface area contributed by atoms with E-state index in [1.54, 1.807) is 0 Å². The van der Waals surface area contributed by atoms with Crippen LogP contribution in [-0.2, 0) is 5.41 Å². The molecule has 0 aliphatic heterocycles. The van der Waals surface area contributed by atoms with Gasteiger partial charge in [-0.15, -0.1) is 0 Å². The molecule has 258 valence electrons. The first kappa shape index (κ1) is 31.5. The third-order valence-electron chi connectivity index (χ3n) is 11.7. The minimum atomic E-state index is -0.122. The molecule has 10 aromatic rings. The van der Waals surface area contributed by atoms with Gasteiger partial charge in [-0.3, -0.25) is 0 Å². The van der Waals surface area contributed by atoms with E-state index in [9.17, 15) is 0 Å². The van der Waals surface area contributed by atoms with Crippen LogP contribution < -0.4 is 0 Å². The lowest BCUT2D eigenvalue weighted by Crippen LogP contribution is -2.15. The first-order valence-electron chi connectivity index (χ1n) is 18.9. The molecule has 0 fully saturated rings. The van der Waals surface area contributed by atoms with Gasteiger partial charge in [0.2, 0.25) is 0 Å². The van der Waals surface area contributed by atoms with Gasteiger partial charge in [0, 0.05) is 22.1 Å². The highest BCUT2D eigenvalue weighted by Gasteiger charge is 2.35. The first-order valence-corrected chi connectivity index (χ1v) is 18.9. The molecule has 0 spiro atoms. The quantitative estimate of drug-likeness (QED) is 0.171. The number of nitrogens with zero attached hydrogens (tertiary/aromatic N) is 3. The first-order chi connectivity index (χ1) is 27.0. The Morgan fingerprint density at radius 3 is 1.78 bits per heavy atom. The molecule has 3 nitrogen and oxygen atoms in total. The molecule has 3 heteroatoms. The van der Waals surface area contributed by atoms with Gasteiger partial charge in [-0.05, 0) is 94.7 Å². The molecule has 1 aliphatic carbocycles. The van der Waals surface area contributed by atoms with E-state index >= 15 is 0 Å². The lowest BCUT2D eigenvalue weighted by Gasteiger charge is -2.21. The van der Waals surface area contributed by atoms with E-state index in [2.05, 4.69) is 172 Å². The summed E-state index contributed by atoms with van der Waals surface area (Å²) in [7, 11) is 0. The van der Waals surface area contributed by atoms with Gasteiger partial charge in [0.25, 0.3) is 0 Å². The van der Waals surface area contributed by atoms with Crippen molar-refractivity contribution in [1.82, 2.24) is 15.0 Å². The maximum atomic E-state index is 5.16. The van der Waals surface area contributed by atoms with Crippen molar-refractivity contribution in [2.75, 3.05) is 0 Å².